The first-order valence-corrected chi connectivity index (χ1v) is 8.13. The number of nitrogens with one attached hydrogen (secondary N) is 1. The second-order valence-electron chi connectivity index (χ2n) is 5.55. The van der Waals surface area contributed by atoms with Gasteiger partial charge < -0.3 is 15.0 Å². The van der Waals surface area contributed by atoms with Gasteiger partial charge in [0.15, 0.2) is 0 Å². The molecule has 0 aliphatic carbocycles. The summed E-state index contributed by atoms with van der Waals surface area (Å²) < 4.78 is 4.98. The van der Waals surface area contributed by atoms with Crippen molar-refractivity contribution < 1.29 is 14.3 Å². The zero-order valence-electron chi connectivity index (χ0n) is 13.7. The van der Waals surface area contributed by atoms with Gasteiger partial charge in [-0.15, -0.1) is 0 Å². The number of nitrogens with zero attached hydrogens (tertiary/aromatic N) is 2. The Balaban J connectivity index is 1.62. The van der Waals surface area contributed by atoms with E-state index in [1.54, 1.807) is 11.8 Å². The summed E-state index contributed by atoms with van der Waals surface area (Å²) in [4.78, 5) is 27.3. The average Bonchev–Trinajstić information content (AvgIpc) is 2.57. The highest BCUT2D eigenvalue weighted by molar-refractivity contribution is 5.78. The van der Waals surface area contributed by atoms with Gasteiger partial charge in [-0.3, -0.25) is 9.69 Å². The Hall–Kier alpha value is -2.08. The number of hydrogen-bond acceptors (Lipinski definition) is 4. The third kappa shape index (κ3) is 5.90. The molecule has 23 heavy (non-hydrogen) atoms. The van der Waals surface area contributed by atoms with Crippen LogP contribution < -0.4 is 5.32 Å². The van der Waals surface area contributed by atoms with Crippen LogP contribution in [0.4, 0.5) is 4.79 Å². The Bertz CT molecular complexity index is 499. The minimum absolute atomic E-state index is 0.0329. The fourth-order valence-corrected chi connectivity index (χ4v) is 2.55. The molecule has 126 valence electrons. The molecule has 1 saturated heterocycles. The Labute approximate surface area is 137 Å². The van der Waals surface area contributed by atoms with E-state index in [1.807, 2.05) is 18.2 Å². The van der Waals surface area contributed by atoms with E-state index in [4.69, 9.17) is 4.74 Å². The van der Waals surface area contributed by atoms with E-state index in [0.29, 0.717) is 45.9 Å². The minimum Gasteiger partial charge on any atom is -0.450 e. The first kappa shape index (κ1) is 17.3. The Morgan fingerprint density at radius 1 is 1.13 bits per heavy atom. The molecule has 1 heterocycles. The monoisotopic (exact) mass is 319 g/mol. The van der Waals surface area contributed by atoms with E-state index in [0.717, 1.165) is 6.42 Å². The Morgan fingerprint density at radius 3 is 2.48 bits per heavy atom. The molecule has 1 N–H and O–H groups in total. The van der Waals surface area contributed by atoms with Gasteiger partial charge in [-0.1, -0.05) is 30.3 Å². The SMILES string of the molecule is CCOC(=O)N1CCN(CC(=O)NCCc2ccccc2)CC1. The van der Waals surface area contributed by atoms with Crippen LogP contribution in [0.15, 0.2) is 30.3 Å². The highest BCUT2D eigenvalue weighted by Crippen LogP contribution is 2.03. The van der Waals surface area contributed by atoms with Crippen molar-refractivity contribution in [3.63, 3.8) is 0 Å². The predicted octanol–water partition coefficient (Wildman–Crippen LogP) is 1.12. The molecule has 1 fully saturated rings. The number of benzene rings is 1. The van der Waals surface area contributed by atoms with Crippen LogP contribution in [-0.2, 0) is 16.0 Å². The van der Waals surface area contributed by atoms with Crippen LogP contribution in [0.3, 0.4) is 0 Å². The first-order chi connectivity index (χ1) is 11.2. The molecular formula is C17H25N3O3. The van der Waals surface area contributed by atoms with Gasteiger partial charge in [0.1, 0.15) is 0 Å². The maximum absolute atomic E-state index is 12.0. The van der Waals surface area contributed by atoms with Crippen molar-refractivity contribution in [1.82, 2.24) is 15.1 Å². The summed E-state index contributed by atoms with van der Waals surface area (Å²) in [6.07, 6.45) is 0.572. The Morgan fingerprint density at radius 2 is 1.83 bits per heavy atom. The van der Waals surface area contributed by atoms with E-state index in [1.165, 1.54) is 5.56 Å². The number of carbonyl (C=O) groups excluding carboxylic acids is 2. The molecule has 0 atom stereocenters. The van der Waals surface area contributed by atoms with Crippen molar-refractivity contribution in [2.45, 2.75) is 13.3 Å². The lowest BCUT2D eigenvalue weighted by Crippen LogP contribution is -2.51. The Kier molecular flexibility index (Phi) is 6.87. The molecule has 1 aliphatic rings. The lowest BCUT2D eigenvalue weighted by molar-refractivity contribution is -0.122. The molecule has 0 bridgehead atoms. The largest absolute Gasteiger partial charge is 0.450 e. The number of hydrogen-bond donors (Lipinski definition) is 1. The van der Waals surface area contributed by atoms with Gasteiger partial charge in [0, 0.05) is 32.7 Å². The molecule has 0 saturated carbocycles. The van der Waals surface area contributed by atoms with Gasteiger partial charge in [0.05, 0.1) is 13.2 Å². The zero-order valence-corrected chi connectivity index (χ0v) is 13.7. The van der Waals surface area contributed by atoms with Gasteiger partial charge in [-0.2, -0.15) is 0 Å². The lowest BCUT2D eigenvalue weighted by Gasteiger charge is -2.33. The summed E-state index contributed by atoms with van der Waals surface area (Å²) >= 11 is 0. The molecule has 2 amide bonds. The van der Waals surface area contributed by atoms with Crippen LogP contribution in [-0.4, -0.2) is 67.7 Å². The molecule has 6 nitrogen and oxygen atoms in total. The molecule has 6 heteroatoms. The van der Waals surface area contributed by atoms with Gasteiger partial charge in [0.25, 0.3) is 0 Å². The van der Waals surface area contributed by atoms with E-state index in [9.17, 15) is 9.59 Å². The zero-order chi connectivity index (χ0) is 16.5. The maximum atomic E-state index is 12.0. The van der Waals surface area contributed by atoms with Crippen molar-refractivity contribution in [3.8, 4) is 0 Å². The molecule has 1 aromatic rings. The fourth-order valence-electron chi connectivity index (χ4n) is 2.55. The summed E-state index contributed by atoms with van der Waals surface area (Å²) in [5.41, 5.74) is 1.22. The number of rotatable bonds is 6. The van der Waals surface area contributed by atoms with Crippen LogP contribution in [0, 0.1) is 0 Å². The number of amides is 2. The molecule has 1 aromatic carbocycles. The van der Waals surface area contributed by atoms with Gasteiger partial charge in [-0.05, 0) is 18.9 Å². The van der Waals surface area contributed by atoms with E-state index >= 15 is 0 Å². The lowest BCUT2D eigenvalue weighted by atomic mass is 10.1. The van der Waals surface area contributed by atoms with Gasteiger partial charge in [-0.25, -0.2) is 4.79 Å². The van der Waals surface area contributed by atoms with Crippen molar-refractivity contribution in [2.24, 2.45) is 0 Å². The first-order valence-electron chi connectivity index (χ1n) is 8.13. The summed E-state index contributed by atoms with van der Waals surface area (Å²) in [7, 11) is 0. The van der Waals surface area contributed by atoms with Gasteiger partial charge in [0.2, 0.25) is 5.91 Å². The molecule has 0 spiro atoms. The quantitative estimate of drug-likeness (QED) is 0.853. The minimum atomic E-state index is -0.264. The smallest absolute Gasteiger partial charge is 0.409 e. The van der Waals surface area contributed by atoms with Crippen molar-refractivity contribution >= 4 is 12.0 Å². The summed E-state index contributed by atoms with van der Waals surface area (Å²) in [5, 5.41) is 2.95. The second-order valence-corrected chi connectivity index (χ2v) is 5.55. The number of piperazine rings is 1. The molecule has 0 radical (unpaired) electrons. The van der Waals surface area contributed by atoms with Crippen molar-refractivity contribution in [2.75, 3.05) is 45.9 Å². The van der Waals surface area contributed by atoms with E-state index in [2.05, 4.69) is 22.3 Å². The van der Waals surface area contributed by atoms with Crippen LogP contribution in [0.25, 0.3) is 0 Å². The highest BCUT2D eigenvalue weighted by atomic mass is 16.6. The fraction of sp³-hybridized carbons (Fsp3) is 0.529. The number of ether oxygens (including phenoxy) is 1. The maximum Gasteiger partial charge on any atom is 0.409 e. The van der Waals surface area contributed by atoms with Gasteiger partial charge >= 0.3 is 6.09 Å². The number of carbonyl (C=O) groups is 2. The standard InChI is InChI=1S/C17H25N3O3/c1-2-23-17(22)20-12-10-19(11-13-20)14-16(21)18-9-8-15-6-4-3-5-7-15/h3-7H,2,8-14H2,1H3,(H,18,21). The third-order valence-corrected chi connectivity index (χ3v) is 3.84. The van der Waals surface area contributed by atoms with Crippen LogP contribution in [0.2, 0.25) is 0 Å². The highest BCUT2D eigenvalue weighted by Gasteiger charge is 2.22. The summed E-state index contributed by atoms with van der Waals surface area (Å²) in [6.45, 7) is 5.83. The van der Waals surface area contributed by atoms with E-state index in [-0.39, 0.29) is 12.0 Å². The normalized spacial score (nSPS) is 15.3. The third-order valence-electron chi connectivity index (χ3n) is 3.84. The summed E-state index contributed by atoms with van der Waals surface area (Å²) in [5.74, 6) is 0.0329. The molecule has 0 unspecified atom stereocenters. The van der Waals surface area contributed by atoms with E-state index < -0.39 is 0 Å². The molecule has 0 aromatic heterocycles. The molecule has 2 rings (SSSR count). The van der Waals surface area contributed by atoms with Crippen molar-refractivity contribution in [3.05, 3.63) is 35.9 Å². The summed E-state index contributed by atoms with van der Waals surface area (Å²) in [6, 6.07) is 10.1. The molecule has 1 aliphatic heterocycles. The topological polar surface area (TPSA) is 61.9 Å². The van der Waals surface area contributed by atoms with Crippen LogP contribution >= 0.6 is 0 Å². The second kappa shape index (κ2) is 9.15. The van der Waals surface area contributed by atoms with Crippen LogP contribution in [0.1, 0.15) is 12.5 Å². The predicted molar refractivity (Wildman–Crippen MR) is 88.2 cm³/mol. The molecular weight excluding hydrogens is 294 g/mol. The van der Waals surface area contributed by atoms with Crippen molar-refractivity contribution in [1.29, 1.82) is 0 Å². The average molecular weight is 319 g/mol. The van der Waals surface area contributed by atoms with Crippen LogP contribution in [0.5, 0.6) is 0 Å².